The largest absolute Gasteiger partial charge is 0.416 e. The monoisotopic (exact) mass is 477 g/mol. The van der Waals surface area contributed by atoms with Crippen molar-refractivity contribution in [2.24, 2.45) is 5.10 Å². The van der Waals surface area contributed by atoms with E-state index < -0.39 is 23.8 Å². The van der Waals surface area contributed by atoms with E-state index >= 15 is 0 Å². The lowest BCUT2D eigenvalue weighted by Gasteiger charge is -2.22. The van der Waals surface area contributed by atoms with Gasteiger partial charge in [-0.25, -0.2) is 9.80 Å². The van der Waals surface area contributed by atoms with Gasteiger partial charge in [0.05, 0.1) is 17.3 Å². The van der Waals surface area contributed by atoms with Crippen LogP contribution in [-0.2, 0) is 6.18 Å². The highest BCUT2D eigenvalue weighted by molar-refractivity contribution is 6.31. The van der Waals surface area contributed by atoms with E-state index in [1.807, 2.05) is 24.3 Å². The molecule has 0 aliphatic carbocycles. The Balaban J connectivity index is 1.61. The number of nitrogens with zero attached hydrogens (tertiary/aromatic N) is 2. The first-order chi connectivity index (χ1) is 15.2. The molecule has 3 aromatic rings. The normalized spacial score (nSPS) is 16.1. The van der Waals surface area contributed by atoms with Crippen molar-refractivity contribution >= 4 is 40.6 Å². The van der Waals surface area contributed by atoms with E-state index in [9.17, 15) is 18.0 Å². The molecule has 0 saturated carbocycles. The maximum atomic E-state index is 13.0. The number of urea groups is 1. The summed E-state index contributed by atoms with van der Waals surface area (Å²) < 4.78 is 38.4. The van der Waals surface area contributed by atoms with Gasteiger partial charge < -0.3 is 5.32 Å². The molecular weight excluding hydrogens is 462 g/mol. The third-order valence-corrected chi connectivity index (χ3v) is 5.52. The molecule has 164 valence electrons. The Hall–Kier alpha value is -3.03. The van der Waals surface area contributed by atoms with Crippen molar-refractivity contribution in [3.05, 3.63) is 99.5 Å². The number of rotatable bonds is 3. The fourth-order valence-electron chi connectivity index (χ4n) is 3.38. The van der Waals surface area contributed by atoms with Gasteiger partial charge in [-0.1, -0.05) is 47.5 Å². The van der Waals surface area contributed by atoms with Crippen molar-refractivity contribution in [1.82, 2.24) is 5.01 Å². The summed E-state index contributed by atoms with van der Waals surface area (Å²) in [5.74, 6) is 0. The van der Waals surface area contributed by atoms with E-state index in [2.05, 4.69) is 10.4 Å². The van der Waals surface area contributed by atoms with E-state index in [0.29, 0.717) is 22.2 Å². The zero-order valence-corrected chi connectivity index (χ0v) is 17.9. The second kappa shape index (κ2) is 8.84. The number of amides is 2. The molecule has 0 saturated heterocycles. The Morgan fingerprint density at radius 2 is 1.47 bits per heavy atom. The van der Waals surface area contributed by atoms with E-state index in [1.54, 1.807) is 24.3 Å². The van der Waals surface area contributed by atoms with E-state index in [0.717, 1.165) is 23.3 Å². The Kier molecular flexibility index (Phi) is 6.13. The van der Waals surface area contributed by atoms with Crippen molar-refractivity contribution in [1.29, 1.82) is 0 Å². The van der Waals surface area contributed by atoms with Gasteiger partial charge in [-0.2, -0.15) is 18.3 Å². The molecule has 1 aliphatic rings. The standard InChI is InChI=1S/C23H16Cl2F3N3O/c24-17-7-1-14(2-8-17)20-13-21(15-3-9-18(25)10-4-15)31(30-20)22(32)29-19-11-5-16(6-12-19)23(26,27)28/h1-12,21H,13H2,(H,29,32). The van der Waals surface area contributed by atoms with Crippen LogP contribution in [0.5, 0.6) is 0 Å². The van der Waals surface area contributed by atoms with Crippen molar-refractivity contribution < 1.29 is 18.0 Å². The summed E-state index contributed by atoms with van der Waals surface area (Å²) in [7, 11) is 0. The second-order valence-corrected chi connectivity index (χ2v) is 8.05. The molecule has 32 heavy (non-hydrogen) atoms. The van der Waals surface area contributed by atoms with Crippen LogP contribution >= 0.6 is 23.2 Å². The predicted molar refractivity (Wildman–Crippen MR) is 119 cm³/mol. The molecule has 0 spiro atoms. The van der Waals surface area contributed by atoms with E-state index in [-0.39, 0.29) is 5.69 Å². The fraction of sp³-hybridized carbons (Fsp3) is 0.130. The Labute approximate surface area is 192 Å². The molecule has 1 atom stereocenters. The van der Waals surface area contributed by atoms with Crippen LogP contribution in [0.15, 0.2) is 77.9 Å². The lowest BCUT2D eigenvalue weighted by molar-refractivity contribution is -0.137. The zero-order valence-electron chi connectivity index (χ0n) is 16.4. The molecule has 0 fully saturated rings. The average molecular weight is 478 g/mol. The van der Waals surface area contributed by atoms with Gasteiger partial charge in [-0.05, 0) is 59.7 Å². The van der Waals surface area contributed by atoms with Crippen LogP contribution in [0.1, 0.15) is 29.2 Å². The number of nitrogens with one attached hydrogen (secondary N) is 1. The van der Waals surface area contributed by atoms with Crippen LogP contribution in [-0.4, -0.2) is 16.8 Å². The number of alkyl halides is 3. The molecule has 9 heteroatoms. The quantitative estimate of drug-likeness (QED) is 0.419. The number of benzene rings is 3. The third-order valence-electron chi connectivity index (χ3n) is 5.01. The van der Waals surface area contributed by atoms with Crippen LogP contribution in [0.25, 0.3) is 0 Å². The van der Waals surface area contributed by atoms with Gasteiger partial charge >= 0.3 is 12.2 Å². The number of hydrogen-bond donors (Lipinski definition) is 1. The average Bonchev–Trinajstić information content (AvgIpc) is 3.20. The third kappa shape index (κ3) is 4.89. The topological polar surface area (TPSA) is 44.7 Å². The first-order valence-corrected chi connectivity index (χ1v) is 10.3. The summed E-state index contributed by atoms with van der Waals surface area (Å²) in [5.41, 5.74) is 1.76. The summed E-state index contributed by atoms with van der Waals surface area (Å²) in [6.07, 6.45) is -4.00. The summed E-state index contributed by atoms with van der Waals surface area (Å²) in [5, 5.41) is 9.56. The molecule has 4 nitrogen and oxygen atoms in total. The Morgan fingerprint density at radius 3 is 2.03 bits per heavy atom. The minimum absolute atomic E-state index is 0.230. The van der Waals surface area contributed by atoms with E-state index in [4.69, 9.17) is 23.2 Å². The Morgan fingerprint density at radius 1 is 0.906 bits per heavy atom. The van der Waals surface area contributed by atoms with Crippen LogP contribution in [0.4, 0.5) is 23.7 Å². The Bertz CT molecular complexity index is 1150. The number of hydrazone groups is 1. The van der Waals surface area contributed by atoms with Crippen molar-refractivity contribution in [2.75, 3.05) is 5.32 Å². The highest BCUT2D eigenvalue weighted by Crippen LogP contribution is 2.34. The first kappa shape index (κ1) is 22.2. The van der Waals surface area contributed by atoms with E-state index in [1.165, 1.54) is 17.1 Å². The molecule has 4 rings (SSSR count). The molecule has 0 radical (unpaired) electrons. The zero-order chi connectivity index (χ0) is 22.9. The molecule has 3 aromatic carbocycles. The molecular formula is C23H16Cl2F3N3O. The molecule has 1 N–H and O–H groups in total. The summed E-state index contributed by atoms with van der Waals surface area (Å²) in [6.45, 7) is 0. The molecule has 2 amide bonds. The van der Waals surface area contributed by atoms with Gasteiger partial charge in [0.2, 0.25) is 0 Å². The van der Waals surface area contributed by atoms with Crippen LogP contribution in [0.2, 0.25) is 10.0 Å². The number of carbonyl (C=O) groups excluding carboxylic acids is 1. The summed E-state index contributed by atoms with van der Waals surface area (Å²) in [4.78, 5) is 13.0. The lowest BCUT2D eigenvalue weighted by Crippen LogP contribution is -2.31. The van der Waals surface area contributed by atoms with Gasteiger partial charge in [0.1, 0.15) is 0 Å². The molecule has 0 bridgehead atoms. The smallest absolute Gasteiger partial charge is 0.306 e. The molecule has 1 heterocycles. The first-order valence-electron chi connectivity index (χ1n) is 9.57. The van der Waals surface area contributed by atoms with Crippen molar-refractivity contribution in [2.45, 2.75) is 18.6 Å². The minimum atomic E-state index is -4.45. The highest BCUT2D eigenvalue weighted by Gasteiger charge is 2.34. The van der Waals surface area contributed by atoms with Crippen LogP contribution in [0, 0.1) is 0 Å². The summed E-state index contributed by atoms with van der Waals surface area (Å²) >= 11 is 12.0. The van der Waals surface area contributed by atoms with Gasteiger partial charge in [-0.3, -0.25) is 0 Å². The molecule has 1 unspecified atom stereocenters. The predicted octanol–water partition coefficient (Wildman–Crippen LogP) is 7.40. The van der Waals surface area contributed by atoms with Gasteiger partial charge in [0.25, 0.3) is 0 Å². The maximum absolute atomic E-state index is 13.0. The van der Waals surface area contributed by atoms with Crippen LogP contribution < -0.4 is 5.32 Å². The van der Waals surface area contributed by atoms with Gasteiger partial charge in [0, 0.05) is 22.2 Å². The van der Waals surface area contributed by atoms with Crippen LogP contribution in [0.3, 0.4) is 0 Å². The summed E-state index contributed by atoms with van der Waals surface area (Å²) in [6, 6.07) is 17.5. The van der Waals surface area contributed by atoms with Gasteiger partial charge in [-0.15, -0.1) is 0 Å². The second-order valence-electron chi connectivity index (χ2n) is 7.17. The maximum Gasteiger partial charge on any atom is 0.416 e. The lowest BCUT2D eigenvalue weighted by atomic mass is 9.98. The number of carbonyl (C=O) groups is 1. The van der Waals surface area contributed by atoms with Gasteiger partial charge in [0.15, 0.2) is 0 Å². The number of hydrogen-bond acceptors (Lipinski definition) is 2. The SMILES string of the molecule is O=C(Nc1ccc(C(F)(F)F)cc1)N1N=C(c2ccc(Cl)cc2)CC1c1ccc(Cl)cc1. The minimum Gasteiger partial charge on any atom is -0.306 e. The number of halogens is 5. The fourth-order valence-corrected chi connectivity index (χ4v) is 3.63. The van der Waals surface area contributed by atoms with Crippen molar-refractivity contribution in [3.63, 3.8) is 0 Å². The highest BCUT2D eigenvalue weighted by atomic mass is 35.5. The van der Waals surface area contributed by atoms with Crippen molar-refractivity contribution in [3.8, 4) is 0 Å². The molecule has 0 aromatic heterocycles. The molecule has 1 aliphatic heterocycles. The number of anilines is 1.